The van der Waals surface area contributed by atoms with Gasteiger partial charge in [0.05, 0.1) is 0 Å². The third-order valence-corrected chi connectivity index (χ3v) is 3.03. The molecule has 0 fully saturated rings. The van der Waals surface area contributed by atoms with Crippen molar-refractivity contribution in [2.24, 2.45) is 30.7 Å². The molecule has 0 N–H and O–H groups in total. The Morgan fingerprint density at radius 2 is 0.767 bits per heavy atom. The van der Waals surface area contributed by atoms with E-state index in [1.807, 2.05) is 0 Å². The number of fused-ring (bicyclic) bond motifs is 4. The molecule has 148 valence electrons. The average Bonchev–Trinajstić information content (AvgIpc) is 3.51. The monoisotopic (exact) mass is 416 g/mol. The van der Waals surface area contributed by atoms with E-state index in [0.29, 0.717) is 0 Å². The minimum atomic E-state index is -0.540. The van der Waals surface area contributed by atoms with Crippen LogP contribution in [0.4, 0.5) is 46.5 Å². The zero-order valence-electron chi connectivity index (χ0n) is 13.6. The minimum absolute atomic E-state index is 0.0739. The Morgan fingerprint density at radius 1 is 0.433 bits per heavy atom. The van der Waals surface area contributed by atoms with E-state index in [-0.39, 0.29) is 21.4 Å². The summed E-state index contributed by atoms with van der Waals surface area (Å²) >= 11 is 0. The number of rotatable bonds is 0. The molecule has 5 rings (SSSR count). The highest BCUT2D eigenvalue weighted by Gasteiger charge is 2.26. The molecule has 0 saturated carbocycles. The highest BCUT2D eigenvalue weighted by Crippen LogP contribution is 2.33. The summed E-state index contributed by atoms with van der Waals surface area (Å²) in [6, 6.07) is 0. The second-order valence-corrected chi connectivity index (χ2v) is 4.79. The van der Waals surface area contributed by atoms with Crippen LogP contribution in [0.25, 0.3) is 0 Å². The summed E-state index contributed by atoms with van der Waals surface area (Å²) in [4.78, 5) is -0.148. The van der Waals surface area contributed by atoms with Crippen LogP contribution in [0.5, 0.6) is 0 Å². The molecule has 5 heterocycles. The zero-order valence-corrected chi connectivity index (χ0v) is 13.6. The van der Waals surface area contributed by atoms with Crippen molar-refractivity contribution in [3.05, 3.63) is 10.4 Å². The lowest BCUT2D eigenvalue weighted by atomic mass is 10.6. The maximum absolute atomic E-state index is 12.3. The number of hydrogen-bond donors (Lipinski definition) is 0. The Hall–Kier alpha value is -5.44. The SMILES string of the molecule is [O-][N+]1=Nc2nonc2N=Nc2nonc2N=[N+]([O-])c2nonc2N=Nc2nonc21. The van der Waals surface area contributed by atoms with Gasteiger partial charge in [-0.05, 0) is 20.6 Å². The molecule has 0 unspecified atom stereocenters. The average molecular weight is 416 g/mol. The largest absolute Gasteiger partial charge is 0.690 e. The van der Waals surface area contributed by atoms with E-state index in [1.54, 1.807) is 0 Å². The molecular formula is C8N16O6. The minimum Gasteiger partial charge on any atom is -0.690 e. The highest BCUT2D eigenvalue weighted by molar-refractivity contribution is 5.51. The number of azo groups is 4. The maximum Gasteiger partial charge on any atom is 0.446 e. The van der Waals surface area contributed by atoms with Crippen LogP contribution in [0, 0.1) is 10.4 Å². The summed E-state index contributed by atoms with van der Waals surface area (Å²) in [5, 5.41) is 73.1. The number of aromatic nitrogens is 8. The molecule has 0 radical (unpaired) electrons. The van der Waals surface area contributed by atoms with Crippen LogP contribution in [0.1, 0.15) is 0 Å². The Bertz CT molecular complexity index is 1240. The molecule has 4 aromatic heterocycles. The lowest BCUT2D eigenvalue weighted by Gasteiger charge is -1.98. The van der Waals surface area contributed by atoms with Crippen molar-refractivity contribution in [3.8, 4) is 0 Å². The fourth-order valence-corrected chi connectivity index (χ4v) is 1.79. The first-order valence-electron chi connectivity index (χ1n) is 7.20. The van der Waals surface area contributed by atoms with Crippen molar-refractivity contribution < 1.29 is 28.2 Å². The van der Waals surface area contributed by atoms with Crippen molar-refractivity contribution in [1.82, 2.24) is 41.3 Å². The molecule has 0 bridgehead atoms. The van der Waals surface area contributed by atoms with Crippen LogP contribution in [0.15, 0.2) is 49.2 Å². The summed E-state index contributed by atoms with van der Waals surface area (Å²) in [6.45, 7) is 0. The van der Waals surface area contributed by atoms with Crippen LogP contribution < -0.4 is 0 Å². The molecular weight excluding hydrogens is 416 g/mol. The Morgan fingerprint density at radius 3 is 1.23 bits per heavy atom. The van der Waals surface area contributed by atoms with Gasteiger partial charge in [0, 0.05) is 10.3 Å². The van der Waals surface area contributed by atoms with E-state index in [9.17, 15) is 10.4 Å². The lowest BCUT2D eigenvalue weighted by Crippen LogP contribution is -1.92. The van der Waals surface area contributed by atoms with Crippen molar-refractivity contribution >= 4 is 46.5 Å². The molecule has 0 aliphatic carbocycles. The molecule has 1 aliphatic rings. The third-order valence-electron chi connectivity index (χ3n) is 3.03. The predicted molar refractivity (Wildman–Crippen MR) is 76.3 cm³/mol. The highest BCUT2D eigenvalue weighted by atomic mass is 16.6. The first-order valence-corrected chi connectivity index (χ1v) is 7.20. The Kier molecular flexibility index (Phi) is 3.69. The van der Waals surface area contributed by atoms with E-state index in [0.717, 1.165) is 0 Å². The zero-order chi connectivity index (χ0) is 20.5. The van der Waals surface area contributed by atoms with Crippen molar-refractivity contribution in [2.75, 3.05) is 0 Å². The van der Waals surface area contributed by atoms with Gasteiger partial charge in [0.25, 0.3) is 23.3 Å². The van der Waals surface area contributed by atoms with E-state index >= 15 is 0 Å². The fourth-order valence-electron chi connectivity index (χ4n) is 1.79. The van der Waals surface area contributed by atoms with Gasteiger partial charge in [-0.2, -0.15) is 0 Å². The van der Waals surface area contributed by atoms with Gasteiger partial charge < -0.3 is 10.4 Å². The van der Waals surface area contributed by atoms with Gasteiger partial charge in [-0.15, -0.1) is 39.4 Å². The summed E-state index contributed by atoms with van der Waals surface area (Å²) in [6.07, 6.45) is 0. The normalized spacial score (nSPS) is 13.7. The van der Waals surface area contributed by atoms with Crippen LogP contribution in [0.2, 0.25) is 0 Å². The van der Waals surface area contributed by atoms with Gasteiger partial charge in [0.2, 0.25) is 0 Å². The maximum atomic E-state index is 12.3. The van der Waals surface area contributed by atoms with Gasteiger partial charge in [-0.1, -0.05) is 10.2 Å². The van der Waals surface area contributed by atoms with Gasteiger partial charge in [-0.3, -0.25) is 0 Å². The second-order valence-electron chi connectivity index (χ2n) is 4.79. The molecule has 22 nitrogen and oxygen atoms in total. The summed E-state index contributed by atoms with van der Waals surface area (Å²) in [5.41, 5.74) is 0. The first kappa shape index (κ1) is 16.7. The van der Waals surface area contributed by atoms with Crippen LogP contribution in [0.3, 0.4) is 0 Å². The van der Waals surface area contributed by atoms with Crippen LogP contribution in [-0.2, 0) is 0 Å². The summed E-state index contributed by atoms with van der Waals surface area (Å²) in [7, 11) is 0. The molecule has 0 amide bonds. The molecule has 22 heteroatoms. The number of nitrogens with zero attached hydrogens (tertiary/aromatic N) is 16. The van der Waals surface area contributed by atoms with Crippen molar-refractivity contribution in [3.63, 3.8) is 0 Å². The third kappa shape index (κ3) is 2.86. The molecule has 0 aromatic carbocycles. The Labute approximate surface area is 158 Å². The smallest absolute Gasteiger partial charge is 0.446 e. The van der Waals surface area contributed by atoms with E-state index in [4.69, 9.17) is 0 Å². The molecule has 30 heavy (non-hydrogen) atoms. The second kappa shape index (κ2) is 6.62. The van der Waals surface area contributed by atoms with E-state index in [2.05, 4.69) is 90.5 Å². The van der Waals surface area contributed by atoms with Gasteiger partial charge in [0.1, 0.15) is 0 Å². The molecule has 0 atom stereocenters. The standard InChI is InChI=1S/C8N16O6/c25-23-7-5(19-29-21-7)11-12-6-8(22-30-20-6)24(26)14-4-2(16-28-18-4)10-9-1-3(13-23)17-27-15-1. The van der Waals surface area contributed by atoms with Gasteiger partial charge >= 0.3 is 23.3 Å². The topological polar surface area (TPSA) is 282 Å². The van der Waals surface area contributed by atoms with Crippen molar-refractivity contribution in [1.29, 1.82) is 0 Å². The molecule has 0 saturated heterocycles. The summed E-state index contributed by atoms with van der Waals surface area (Å²) < 4.78 is 17.8. The Balaban J connectivity index is 1.70. The van der Waals surface area contributed by atoms with Gasteiger partial charge in [0.15, 0.2) is 10.3 Å². The summed E-state index contributed by atoms with van der Waals surface area (Å²) in [5.74, 6) is -3.47. The van der Waals surface area contributed by atoms with Crippen LogP contribution >= 0.6 is 0 Å². The fraction of sp³-hybridized carbons (Fsp3) is 0. The first-order chi connectivity index (χ1) is 14.7. The molecule has 1 aliphatic heterocycles. The predicted octanol–water partition coefficient (Wildman–Crippen LogP) is 2.21. The number of hydrogen-bond acceptors (Lipinski definition) is 20. The van der Waals surface area contributed by atoms with Crippen molar-refractivity contribution in [2.45, 2.75) is 0 Å². The molecule has 0 spiro atoms. The van der Waals surface area contributed by atoms with Crippen LogP contribution in [-0.4, -0.2) is 51.0 Å². The molecule has 4 aromatic rings. The lowest BCUT2D eigenvalue weighted by molar-refractivity contribution is -0.440. The van der Waals surface area contributed by atoms with Gasteiger partial charge in [-0.25, -0.2) is 9.26 Å². The quantitative estimate of drug-likeness (QED) is 0.293. The van der Waals surface area contributed by atoms with E-state index < -0.39 is 34.9 Å². The van der Waals surface area contributed by atoms with E-state index in [1.165, 1.54) is 0 Å².